The average molecular weight is 494 g/mol. The van der Waals surface area contributed by atoms with Crippen LogP contribution in [0, 0.1) is 0 Å². The maximum Gasteiger partial charge on any atom is 0.264 e. The molecule has 0 spiro atoms. The lowest BCUT2D eigenvalue weighted by atomic mass is 10.1. The average Bonchev–Trinajstić information content (AvgIpc) is 2.78. The molecule has 0 aliphatic carbocycles. The van der Waals surface area contributed by atoms with Crippen molar-refractivity contribution in [3.8, 4) is 5.75 Å². The normalized spacial score (nSPS) is 16.9. The predicted molar refractivity (Wildman–Crippen MR) is 132 cm³/mol. The zero-order valence-corrected chi connectivity index (χ0v) is 20.1. The van der Waals surface area contributed by atoms with Crippen LogP contribution in [-0.2, 0) is 10.0 Å². The largest absolute Gasteiger partial charge is 0.487 e. The van der Waals surface area contributed by atoms with Crippen molar-refractivity contribution in [2.45, 2.75) is 4.90 Å². The van der Waals surface area contributed by atoms with Crippen LogP contribution in [0.15, 0.2) is 59.5 Å². The summed E-state index contributed by atoms with van der Waals surface area (Å²) < 4.78 is 34.7. The number of hydrogen-bond acceptors (Lipinski definition) is 5. The third-order valence-corrected chi connectivity index (χ3v) is 8.00. The molecule has 0 radical (unpaired) electrons. The number of rotatable bonds is 3. The molecule has 2 aliphatic rings. The highest BCUT2D eigenvalue weighted by Crippen LogP contribution is 2.45. The lowest BCUT2D eigenvalue weighted by molar-refractivity contribution is 0.301. The van der Waals surface area contributed by atoms with Crippen LogP contribution in [0.3, 0.4) is 0 Å². The van der Waals surface area contributed by atoms with Crippen LogP contribution in [0.25, 0.3) is 10.8 Å². The van der Waals surface area contributed by atoms with Gasteiger partial charge in [-0.3, -0.25) is 4.31 Å². The van der Waals surface area contributed by atoms with Crippen molar-refractivity contribution in [3.05, 3.63) is 59.6 Å². The fourth-order valence-corrected chi connectivity index (χ4v) is 5.92. The molecule has 0 N–H and O–H groups in total. The van der Waals surface area contributed by atoms with Gasteiger partial charge < -0.3 is 14.5 Å². The molecule has 3 aromatic carbocycles. The van der Waals surface area contributed by atoms with E-state index < -0.39 is 10.0 Å². The van der Waals surface area contributed by atoms with Crippen LogP contribution in [-0.4, -0.2) is 59.7 Å². The lowest BCUT2D eigenvalue weighted by Gasteiger charge is -2.38. The van der Waals surface area contributed by atoms with Gasteiger partial charge in [-0.25, -0.2) is 8.42 Å². The van der Waals surface area contributed by atoms with Crippen LogP contribution in [0.5, 0.6) is 5.75 Å². The molecular formula is C23H25Cl2N3O3S. The van der Waals surface area contributed by atoms with Gasteiger partial charge in [-0.05, 0) is 42.1 Å². The number of benzene rings is 3. The van der Waals surface area contributed by atoms with Gasteiger partial charge in [0.15, 0.2) is 5.75 Å². The molecule has 170 valence electrons. The fraction of sp³-hybridized carbons (Fsp3) is 0.304. The van der Waals surface area contributed by atoms with Crippen molar-refractivity contribution >= 4 is 56.2 Å². The highest BCUT2D eigenvalue weighted by atomic mass is 35.5. The van der Waals surface area contributed by atoms with E-state index in [0.717, 1.165) is 42.6 Å². The molecule has 0 amide bonds. The van der Waals surface area contributed by atoms with Gasteiger partial charge in [-0.15, -0.1) is 12.4 Å². The van der Waals surface area contributed by atoms with Gasteiger partial charge >= 0.3 is 0 Å². The van der Waals surface area contributed by atoms with E-state index in [4.69, 9.17) is 16.3 Å². The zero-order chi connectivity index (χ0) is 21.6. The SMILES string of the molecule is CN1CCN(c2cc(Cl)cc3c2OCCN3S(=O)(=O)c2ccc3ccccc3c2)CC1.Cl. The van der Waals surface area contributed by atoms with Crippen LogP contribution < -0.4 is 13.9 Å². The minimum absolute atomic E-state index is 0. The molecule has 32 heavy (non-hydrogen) atoms. The number of ether oxygens (including phenoxy) is 1. The van der Waals surface area contributed by atoms with Gasteiger partial charge in [-0.2, -0.15) is 0 Å². The van der Waals surface area contributed by atoms with Gasteiger partial charge in [0.1, 0.15) is 6.61 Å². The van der Waals surface area contributed by atoms with E-state index >= 15 is 0 Å². The molecule has 2 aliphatic heterocycles. The quantitative estimate of drug-likeness (QED) is 0.545. The molecule has 0 aromatic heterocycles. The molecule has 3 aromatic rings. The van der Waals surface area contributed by atoms with Gasteiger partial charge in [-0.1, -0.05) is 41.9 Å². The first-order valence-corrected chi connectivity index (χ1v) is 12.2. The Morgan fingerprint density at radius 2 is 1.56 bits per heavy atom. The number of likely N-dealkylation sites (N-methyl/N-ethyl adjacent to an activating group) is 1. The number of nitrogens with zero attached hydrogens (tertiary/aromatic N) is 3. The molecule has 0 atom stereocenters. The number of sulfonamides is 1. The third-order valence-electron chi connectivity index (χ3n) is 5.98. The number of halogens is 2. The first-order valence-electron chi connectivity index (χ1n) is 10.3. The summed E-state index contributed by atoms with van der Waals surface area (Å²) in [5, 5.41) is 2.39. The van der Waals surface area contributed by atoms with Crippen LogP contribution in [0.1, 0.15) is 0 Å². The predicted octanol–water partition coefficient (Wildman–Crippen LogP) is 4.25. The smallest absolute Gasteiger partial charge is 0.264 e. The summed E-state index contributed by atoms with van der Waals surface area (Å²) in [7, 11) is -1.68. The van der Waals surface area contributed by atoms with Crippen molar-refractivity contribution < 1.29 is 13.2 Å². The minimum Gasteiger partial charge on any atom is -0.487 e. The van der Waals surface area contributed by atoms with Crippen LogP contribution in [0.2, 0.25) is 5.02 Å². The molecule has 0 bridgehead atoms. The van der Waals surface area contributed by atoms with E-state index in [0.29, 0.717) is 23.1 Å². The van der Waals surface area contributed by atoms with E-state index in [9.17, 15) is 8.42 Å². The molecule has 9 heteroatoms. The second-order valence-corrected chi connectivity index (χ2v) is 10.3. The van der Waals surface area contributed by atoms with Gasteiger partial charge in [0, 0.05) is 31.2 Å². The lowest BCUT2D eigenvalue weighted by Crippen LogP contribution is -2.45. The minimum atomic E-state index is -3.77. The molecule has 0 unspecified atom stereocenters. The van der Waals surface area contributed by atoms with Gasteiger partial charge in [0.25, 0.3) is 10.0 Å². The molecular weight excluding hydrogens is 469 g/mol. The van der Waals surface area contributed by atoms with E-state index in [2.05, 4.69) is 16.8 Å². The molecule has 5 rings (SSSR count). The summed E-state index contributed by atoms with van der Waals surface area (Å²) in [6, 6.07) is 16.5. The first-order chi connectivity index (χ1) is 14.9. The van der Waals surface area contributed by atoms with Crippen molar-refractivity contribution in [1.29, 1.82) is 0 Å². The van der Waals surface area contributed by atoms with Crippen molar-refractivity contribution in [1.82, 2.24) is 4.90 Å². The molecule has 6 nitrogen and oxygen atoms in total. The van der Waals surface area contributed by atoms with E-state index in [1.165, 1.54) is 4.31 Å². The highest BCUT2D eigenvalue weighted by molar-refractivity contribution is 7.92. The first kappa shape index (κ1) is 23.0. The Kier molecular flexibility index (Phi) is 6.45. The molecule has 1 saturated heterocycles. The standard InChI is InChI=1S/C23H24ClN3O3S.ClH/c1-25-8-10-26(11-9-25)21-15-19(24)16-22-23(21)30-13-12-27(22)31(28,29)20-7-6-17-4-2-3-5-18(17)14-20;/h2-7,14-16H,8-13H2,1H3;1H. The topological polar surface area (TPSA) is 53.1 Å². The summed E-state index contributed by atoms with van der Waals surface area (Å²) >= 11 is 6.46. The number of hydrogen-bond donors (Lipinski definition) is 0. The maximum absolute atomic E-state index is 13.6. The fourth-order valence-electron chi connectivity index (χ4n) is 4.24. The zero-order valence-electron chi connectivity index (χ0n) is 17.7. The Morgan fingerprint density at radius 3 is 2.31 bits per heavy atom. The Balaban J connectivity index is 0.00000245. The summed E-state index contributed by atoms with van der Waals surface area (Å²) in [6.07, 6.45) is 0. The second kappa shape index (κ2) is 8.98. The van der Waals surface area contributed by atoms with Crippen LogP contribution in [0.4, 0.5) is 11.4 Å². The summed E-state index contributed by atoms with van der Waals surface area (Å²) in [6.45, 7) is 4.07. The summed E-state index contributed by atoms with van der Waals surface area (Å²) in [5.41, 5.74) is 1.36. The third kappa shape index (κ3) is 4.10. The number of piperazine rings is 1. The molecule has 2 heterocycles. The molecule has 1 fully saturated rings. The van der Waals surface area contributed by atoms with E-state index in [-0.39, 0.29) is 23.8 Å². The number of anilines is 2. The van der Waals surface area contributed by atoms with Crippen LogP contribution >= 0.6 is 24.0 Å². The Morgan fingerprint density at radius 1 is 0.875 bits per heavy atom. The number of fused-ring (bicyclic) bond motifs is 2. The van der Waals surface area contributed by atoms with Gasteiger partial charge in [0.05, 0.1) is 22.8 Å². The monoisotopic (exact) mass is 493 g/mol. The Hall–Kier alpha value is -2.19. The Bertz CT molecular complexity index is 1240. The van der Waals surface area contributed by atoms with Crippen molar-refractivity contribution in [2.75, 3.05) is 55.6 Å². The second-order valence-electron chi connectivity index (χ2n) is 8.00. The molecule has 0 saturated carbocycles. The Labute approximate surface area is 199 Å². The van der Waals surface area contributed by atoms with E-state index in [1.807, 2.05) is 36.4 Å². The maximum atomic E-state index is 13.6. The van der Waals surface area contributed by atoms with E-state index in [1.54, 1.807) is 18.2 Å². The summed E-state index contributed by atoms with van der Waals surface area (Å²) in [5.74, 6) is 0.588. The van der Waals surface area contributed by atoms with Crippen molar-refractivity contribution in [2.24, 2.45) is 0 Å². The summed E-state index contributed by atoms with van der Waals surface area (Å²) in [4.78, 5) is 4.75. The highest BCUT2D eigenvalue weighted by Gasteiger charge is 2.33. The van der Waals surface area contributed by atoms with Gasteiger partial charge in [0.2, 0.25) is 0 Å². The van der Waals surface area contributed by atoms with Crippen molar-refractivity contribution in [3.63, 3.8) is 0 Å².